The van der Waals surface area contributed by atoms with E-state index in [1.54, 1.807) is 0 Å². The molecule has 0 amide bonds. The van der Waals surface area contributed by atoms with Gasteiger partial charge in [-0.05, 0) is 0 Å². The predicted molar refractivity (Wildman–Crippen MR) is 231 cm³/mol. The number of para-hydroxylation sites is 3. The summed E-state index contributed by atoms with van der Waals surface area (Å²) in [6.07, 6.45) is 6.31. The molecule has 0 radical (unpaired) electrons. The summed E-state index contributed by atoms with van der Waals surface area (Å²) < 4.78 is 15.6. The first-order chi connectivity index (χ1) is 27.8. The molecular weight excluding hydrogens is 748 g/mol. The van der Waals surface area contributed by atoms with E-state index in [9.17, 15) is 0 Å². The Kier molecular flexibility index (Phi) is 7.21. The molecule has 0 unspecified atom stereocenters. The zero-order valence-corrected chi connectivity index (χ0v) is 32.5. The Morgan fingerprint density at radius 2 is 1.38 bits per heavy atom. The van der Waals surface area contributed by atoms with E-state index >= 15 is 0 Å². The first-order valence-corrected chi connectivity index (χ1v) is 21.4. The minimum atomic E-state index is -0.494. The van der Waals surface area contributed by atoms with Gasteiger partial charge < -0.3 is 0 Å². The number of ether oxygens (including phenoxy) is 1. The van der Waals surface area contributed by atoms with Crippen molar-refractivity contribution < 1.29 is 9.15 Å². The van der Waals surface area contributed by atoms with E-state index in [-0.39, 0.29) is 21.7 Å². The standard InChI is InChI=1S/C51H36BNO2Se/c1-3-14-34(15-4-1)51(35-16-5-2-6-17-35)39-28-26-33(38-32-54-45-22-10-7-18-37(38)45)30-42(39)52-41-29-27-36(31-49(41)56-48-25-13-19-40(51)50(48)52)53-43-20-8-11-23-46(43)55-47-24-12-9-21-44(47)53/h1-8,10-11,13-20,22-23,25-32H,9,12,21,24H2. The molecule has 8 aromatic rings. The van der Waals surface area contributed by atoms with Crippen LogP contribution in [0.25, 0.3) is 22.1 Å². The van der Waals surface area contributed by atoms with E-state index in [4.69, 9.17) is 9.15 Å². The molecule has 0 saturated heterocycles. The molecule has 0 fully saturated rings. The van der Waals surface area contributed by atoms with Crippen LogP contribution >= 0.6 is 0 Å². The SMILES string of the molecule is c1ccc(C2(c3ccccc3)c3ccc(-c4coc5ccccc45)cc3B3c4ccc(N5C6=C(CCCC6)Oc6ccccc65)cc4[Se]c4cccc2c43)cc1. The number of hydrogen-bond donors (Lipinski definition) is 0. The monoisotopic (exact) mass is 785 g/mol. The number of anilines is 2. The van der Waals surface area contributed by atoms with Gasteiger partial charge in [0, 0.05) is 0 Å². The van der Waals surface area contributed by atoms with Crippen LogP contribution in [0, 0.1) is 0 Å². The number of fused-ring (bicyclic) bond motifs is 6. The minimum absolute atomic E-state index is 0.0796. The molecule has 3 nitrogen and oxygen atoms in total. The summed E-state index contributed by atoms with van der Waals surface area (Å²) in [6.45, 7) is 0.0796. The van der Waals surface area contributed by atoms with E-state index in [0.717, 1.165) is 46.6 Å². The molecule has 56 heavy (non-hydrogen) atoms. The molecule has 0 spiro atoms. The van der Waals surface area contributed by atoms with E-state index in [1.807, 2.05) is 12.3 Å². The average Bonchev–Trinajstić information content (AvgIpc) is 3.70. The molecule has 3 aliphatic heterocycles. The summed E-state index contributed by atoms with van der Waals surface area (Å²) in [4.78, 5) is 2.50. The van der Waals surface area contributed by atoms with E-state index < -0.39 is 5.41 Å². The van der Waals surface area contributed by atoms with Gasteiger partial charge in [-0.15, -0.1) is 0 Å². The van der Waals surface area contributed by atoms with Gasteiger partial charge in [0.15, 0.2) is 0 Å². The summed E-state index contributed by atoms with van der Waals surface area (Å²) in [5, 5.41) is 1.14. The summed E-state index contributed by atoms with van der Waals surface area (Å²) in [7, 11) is 0. The number of nitrogens with zero attached hydrogens (tertiary/aromatic N) is 1. The van der Waals surface area contributed by atoms with Crippen molar-refractivity contribution in [3.63, 3.8) is 0 Å². The third-order valence-corrected chi connectivity index (χ3v) is 14.9. The van der Waals surface area contributed by atoms with Crippen LogP contribution in [0.2, 0.25) is 0 Å². The summed E-state index contributed by atoms with van der Waals surface area (Å²) >= 11 is 0.0950. The average molecular weight is 785 g/mol. The Labute approximate surface area is 333 Å². The fourth-order valence-electron chi connectivity index (χ4n) is 10.2. The van der Waals surface area contributed by atoms with Crippen LogP contribution in [0.3, 0.4) is 0 Å². The zero-order valence-electron chi connectivity index (χ0n) is 30.7. The van der Waals surface area contributed by atoms with Crippen molar-refractivity contribution in [3.8, 4) is 16.9 Å². The van der Waals surface area contributed by atoms with Gasteiger partial charge in [0.25, 0.3) is 0 Å². The molecule has 5 heteroatoms. The predicted octanol–water partition coefficient (Wildman–Crippen LogP) is 8.60. The van der Waals surface area contributed by atoms with Crippen LogP contribution in [-0.2, 0) is 5.41 Å². The molecule has 266 valence electrons. The maximum absolute atomic E-state index is 6.54. The molecule has 4 aliphatic rings. The van der Waals surface area contributed by atoms with Crippen LogP contribution in [0.1, 0.15) is 47.9 Å². The fraction of sp³-hybridized carbons (Fsp3) is 0.0980. The maximum atomic E-state index is 6.54. The van der Waals surface area contributed by atoms with Crippen LogP contribution in [-0.4, -0.2) is 21.7 Å². The van der Waals surface area contributed by atoms with Crippen LogP contribution in [0.15, 0.2) is 186 Å². The summed E-state index contributed by atoms with van der Waals surface area (Å²) in [6, 6.07) is 61.1. The van der Waals surface area contributed by atoms with Crippen LogP contribution in [0.5, 0.6) is 5.75 Å². The van der Waals surface area contributed by atoms with Crippen molar-refractivity contribution >= 4 is 69.3 Å². The summed E-state index contributed by atoms with van der Waals surface area (Å²) in [5.74, 6) is 2.08. The van der Waals surface area contributed by atoms with Gasteiger partial charge in [0.1, 0.15) is 0 Å². The van der Waals surface area contributed by atoms with Crippen molar-refractivity contribution in [2.24, 2.45) is 0 Å². The van der Waals surface area contributed by atoms with Crippen molar-refractivity contribution in [1.29, 1.82) is 0 Å². The second-order valence-electron chi connectivity index (χ2n) is 15.4. The second-order valence-corrected chi connectivity index (χ2v) is 17.7. The van der Waals surface area contributed by atoms with Gasteiger partial charge >= 0.3 is 335 Å². The molecule has 1 aromatic heterocycles. The first-order valence-electron chi connectivity index (χ1n) is 19.7. The number of hydrogen-bond acceptors (Lipinski definition) is 3. The molecule has 4 heterocycles. The normalized spacial score (nSPS) is 16.0. The van der Waals surface area contributed by atoms with Crippen LogP contribution < -0.4 is 34.9 Å². The number of allylic oxidation sites excluding steroid dienone is 2. The molecule has 0 bridgehead atoms. The van der Waals surface area contributed by atoms with Gasteiger partial charge in [0.05, 0.1) is 0 Å². The van der Waals surface area contributed by atoms with Crippen molar-refractivity contribution in [3.05, 3.63) is 204 Å². The number of benzene rings is 7. The van der Waals surface area contributed by atoms with Gasteiger partial charge in [-0.1, -0.05) is 0 Å². The van der Waals surface area contributed by atoms with Gasteiger partial charge in [0.2, 0.25) is 0 Å². The van der Waals surface area contributed by atoms with E-state index in [0.29, 0.717) is 0 Å². The number of rotatable bonds is 4. The van der Waals surface area contributed by atoms with Gasteiger partial charge in [-0.3, -0.25) is 0 Å². The third-order valence-electron chi connectivity index (χ3n) is 12.5. The molecule has 7 aromatic carbocycles. The first kappa shape index (κ1) is 32.3. The van der Waals surface area contributed by atoms with Crippen molar-refractivity contribution in [1.82, 2.24) is 0 Å². The van der Waals surface area contributed by atoms with Crippen molar-refractivity contribution in [2.45, 2.75) is 31.1 Å². The van der Waals surface area contributed by atoms with Crippen LogP contribution in [0.4, 0.5) is 11.4 Å². The third kappa shape index (κ3) is 4.59. The van der Waals surface area contributed by atoms with Crippen molar-refractivity contribution in [2.75, 3.05) is 4.90 Å². The van der Waals surface area contributed by atoms with E-state index in [1.165, 1.54) is 77.4 Å². The zero-order chi connectivity index (χ0) is 36.8. The fourth-order valence-corrected chi connectivity index (χ4v) is 12.7. The topological polar surface area (TPSA) is 25.6 Å². The molecule has 1 aliphatic carbocycles. The molecule has 0 saturated carbocycles. The Balaban J connectivity index is 1.12. The molecule has 0 N–H and O–H groups in total. The van der Waals surface area contributed by atoms with Gasteiger partial charge in [-0.25, -0.2) is 0 Å². The Morgan fingerprint density at radius 1 is 0.607 bits per heavy atom. The van der Waals surface area contributed by atoms with Gasteiger partial charge in [-0.2, -0.15) is 0 Å². The van der Waals surface area contributed by atoms with E-state index in [2.05, 4.69) is 163 Å². The number of furan rings is 1. The molecule has 12 rings (SSSR count). The molecular formula is C51H36BNO2Se. The quantitative estimate of drug-likeness (QED) is 0.167. The Bertz CT molecular complexity index is 2860. The Hall–Kier alpha value is -6.00. The second kappa shape index (κ2) is 12.5. The Morgan fingerprint density at radius 3 is 2.23 bits per heavy atom. The molecule has 0 atom stereocenters. The summed E-state index contributed by atoms with van der Waals surface area (Å²) in [5.41, 5.74) is 16.0.